The average Bonchev–Trinajstić information content (AvgIpc) is 2.19. The second-order valence-corrected chi connectivity index (χ2v) is 2.68. The van der Waals surface area contributed by atoms with E-state index < -0.39 is 6.10 Å². The fourth-order valence-corrected chi connectivity index (χ4v) is 0.906. The maximum atomic E-state index is 11.2. The number of esters is 1. The highest BCUT2D eigenvalue weighted by molar-refractivity contribution is 5.74. The van der Waals surface area contributed by atoms with Crippen LogP contribution in [0.2, 0.25) is 0 Å². The molecule has 14 heavy (non-hydrogen) atoms. The van der Waals surface area contributed by atoms with Gasteiger partial charge in [-0.05, 0) is 19.9 Å². The van der Waals surface area contributed by atoms with Gasteiger partial charge in [-0.1, -0.05) is 6.07 Å². The molecule has 1 atom stereocenters. The molecule has 0 amide bonds. The lowest BCUT2D eigenvalue weighted by Gasteiger charge is -2.11. The van der Waals surface area contributed by atoms with E-state index in [2.05, 4.69) is 4.98 Å². The molecule has 0 aliphatic heterocycles. The van der Waals surface area contributed by atoms with Crippen molar-refractivity contribution in [3.8, 4) is 5.88 Å². The Morgan fingerprint density at radius 2 is 2.36 bits per heavy atom. The fraction of sp³-hybridized carbons (Fsp3) is 0.400. The minimum Gasteiger partial charge on any atom is -0.463 e. The first-order chi connectivity index (χ1) is 6.74. The monoisotopic (exact) mass is 195 g/mol. The molecular formula is C10H13NO3. The lowest BCUT2D eigenvalue weighted by Crippen LogP contribution is -2.26. The van der Waals surface area contributed by atoms with Crippen molar-refractivity contribution >= 4 is 5.97 Å². The quantitative estimate of drug-likeness (QED) is 0.681. The van der Waals surface area contributed by atoms with E-state index >= 15 is 0 Å². The van der Waals surface area contributed by atoms with Crippen LogP contribution in [0.4, 0.5) is 0 Å². The summed E-state index contributed by atoms with van der Waals surface area (Å²) in [4.78, 5) is 15.1. The molecule has 0 unspecified atom stereocenters. The van der Waals surface area contributed by atoms with Gasteiger partial charge in [0.2, 0.25) is 5.88 Å². The molecule has 1 aromatic rings. The number of hydrogen-bond donors (Lipinski definition) is 0. The van der Waals surface area contributed by atoms with E-state index in [1.54, 1.807) is 38.2 Å². The molecule has 0 N–H and O–H groups in total. The zero-order valence-corrected chi connectivity index (χ0v) is 8.27. The largest absolute Gasteiger partial charge is 0.463 e. The van der Waals surface area contributed by atoms with E-state index in [0.717, 1.165) is 0 Å². The number of aromatic nitrogens is 1. The summed E-state index contributed by atoms with van der Waals surface area (Å²) in [6.07, 6.45) is 0.984. The third kappa shape index (κ3) is 3.05. The van der Waals surface area contributed by atoms with E-state index in [9.17, 15) is 4.79 Å². The molecule has 0 spiro atoms. The van der Waals surface area contributed by atoms with Gasteiger partial charge in [0.05, 0.1) is 6.61 Å². The van der Waals surface area contributed by atoms with Gasteiger partial charge in [-0.3, -0.25) is 0 Å². The molecule has 0 fully saturated rings. The van der Waals surface area contributed by atoms with Crippen LogP contribution >= 0.6 is 0 Å². The van der Waals surface area contributed by atoms with Crippen molar-refractivity contribution < 1.29 is 14.3 Å². The molecule has 1 rings (SSSR count). The van der Waals surface area contributed by atoms with Crippen molar-refractivity contribution in [3.63, 3.8) is 0 Å². The number of carbonyl (C=O) groups excluding carboxylic acids is 1. The number of rotatable bonds is 4. The molecule has 0 saturated heterocycles. The predicted octanol–water partition coefficient (Wildman–Crippen LogP) is 1.41. The van der Waals surface area contributed by atoms with Crippen LogP contribution in [0.3, 0.4) is 0 Å². The third-order valence-electron chi connectivity index (χ3n) is 1.55. The molecule has 1 heterocycles. The van der Waals surface area contributed by atoms with Crippen molar-refractivity contribution in [3.05, 3.63) is 24.4 Å². The molecule has 0 aliphatic carbocycles. The summed E-state index contributed by atoms with van der Waals surface area (Å²) in [6.45, 7) is 3.74. The summed E-state index contributed by atoms with van der Waals surface area (Å²) in [5.74, 6) is 0.0474. The lowest BCUT2D eigenvalue weighted by molar-refractivity contribution is -0.150. The van der Waals surface area contributed by atoms with Crippen molar-refractivity contribution in [2.45, 2.75) is 20.0 Å². The summed E-state index contributed by atoms with van der Waals surface area (Å²) < 4.78 is 10.0. The Kier molecular flexibility index (Phi) is 3.91. The van der Waals surface area contributed by atoms with Crippen LogP contribution in [0.1, 0.15) is 13.8 Å². The third-order valence-corrected chi connectivity index (χ3v) is 1.55. The summed E-state index contributed by atoms with van der Waals surface area (Å²) in [5.41, 5.74) is 0. The Bertz CT molecular complexity index is 287. The fourth-order valence-electron chi connectivity index (χ4n) is 0.906. The van der Waals surface area contributed by atoms with Crippen molar-refractivity contribution in [1.82, 2.24) is 4.98 Å². The van der Waals surface area contributed by atoms with Crippen LogP contribution in [0.15, 0.2) is 24.4 Å². The first-order valence-corrected chi connectivity index (χ1v) is 4.48. The summed E-state index contributed by atoms with van der Waals surface area (Å²) in [5, 5.41) is 0. The standard InChI is InChI=1S/C10H13NO3/c1-3-13-10(12)8(2)14-9-6-4-5-7-11-9/h4-8H,3H2,1-2H3/t8-/m1/s1. The Labute approximate surface area is 82.9 Å². The average molecular weight is 195 g/mol. The minimum absolute atomic E-state index is 0.356. The number of carbonyl (C=O) groups is 1. The van der Waals surface area contributed by atoms with Crippen LogP contribution in [0.25, 0.3) is 0 Å². The Hall–Kier alpha value is -1.58. The van der Waals surface area contributed by atoms with Crippen molar-refractivity contribution in [2.24, 2.45) is 0 Å². The van der Waals surface area contributed by atoms with Gasteiger partial charge in [0, 0.05) is 12.3 Å². The second-order valence-electron chi connectivity index (χ2n) is 2.68. The highest BCUT2D eigenvalue weighted by Gasteiger charge is 2.15. The smallest absolute Gasteiger partial charge is 0.347 e. The van der Waals surface area contributed by atoms with Gasteiger partial charge in [-0.15, -0.1) is 0 Å². The SMILES string of the molecule is CCOC(=O)[C@@H](C)Oc1ccccn1. The van der Waals surface area contributed by atoms with Gasteiger partial charge in [0.15, 0.2) is 6.10 Å². The van der Waals surface area contributed by atoms with Gasteiger partial charge >= 0.3 is 5.97 Å². The molecule has 4 nitrogen and oxygen atoms in total. The topological polar surface area (TPSA) is 48.4 Å². The minimum atomic E-state index is -0.621. The normalized spacial score (nSPS) is 11.9. The Morgan fingerprint density at radius 3 is 2.93 bits per heavy atom. The number of hydrogen-bond acceptors (Lipinski definition) is 4. The van der Waals surface area contributed by atoms with E-state index in [1.165, 1.54) is 0 Å². The summed E-state index contributed by atoms with van der Waals surface area (Å²) in [7, 11) is 0. The second kappa shape index (κ2) is 5.21. The van der Waals surface area contributed by atoms with E-state index in [1.807, 2.05) is 0 Å². The molecule has 4 heteroatoms. The highest BCUT2D eigenvalue weighted by atomic mass is 16.6. The molecule has 0 bridgehead atoms. The number of pyridine rings is 1. The van der Waals surface area contributed by atoms with Crippen LogP contribution in [0, 0.1) is 0 Å². The van der Waals surface area contributed by atoms with Gasteiger partial charge < -0.3 is 9.47 Å². The van der Waals surface area contributed by atoms with Crippen molar-refractivity contribution in [2.75, 3.05) is 6.61 Å². The van der Waals surface area contributed by atoms with Gasteiger partial charge in [-0.25, -0.2) is 9.78 Å². The van der Waals surface area contributed by atoms with Crippen LogP contribution in [-0.2, 0) is 9.53 Å². The molecule has 76 valence electrons. The first kappa shape index (κ1) is 10.5. The van der Waals surface area contributed by atoms with Crippen LogP contribution in [0.5, 0.6) is 5.88 Å². The predicted molar refractivity (Wildman–Crippen MR) is 51.0 cm³/mol. The van der Waals surface area contributed by atoms with Crippen LogP contribution < -0.4 is 4.74 Å². The summed E-state index contributed by atoms with van der Waals surface area (Å²) in [6, 6.07) is 5.26. The maximum absolute atomic E-state index is 11.2. The van der Waals surface area contributed by atoms with Gasteiger partial charge in [-0.2, -0.15) is 0 Å². The maximum Gasteiger partial charge on any atom is 0.347 e. The van der Waals surface area contributed by atoms with E-state index in [-0.39, 0.29) is 5.97 Å². The number of nitrogens with zero attached hydrogens (tertiary/aromatic N) is 1. The first-order valence-electron chi connectivity index (χ1n) is 4.48. The van der Waals surface area contributed by atoms with Crippen LogP contribution in [-0.4, -0.2) is 23.7 Å². The molecule has 0 aromatic carbocycles. The molecule has 1 aromatic heterocycles. The van der Waals surface area contributed by atoms with Crippen molar-refractivity contribution in [1.29, 1.82) is 0 Å². The van der Waals surface area contributed by atoms with E-state index in [0.29, 0.717) is 12.5 Å². The van der Waals surface area contributed by atoms with Gasteiger partial charge in [0.1, 0.15) is 0 Å². The molecular weight excluding hydrogens is 182 g/mol. The zero-order valence-electron chi connectivity index (χ0n) is 8.27. The lowest BCUT2D eigenvalue weighted by atomic mass is 10.4. The Balaban J connectivity index is 2.49. The van der Waals surface area contributed by atoms with Gasteiger partial charge in [0.25, 0.3) is 0 Å². The molecule has 0 radical (unpaired) electrons. The Morgan fingerprint density at radius 1 is 1.57 bits per heavy atom. The highest BCUT2D eigenvalue weighted by Crippen LogP contribution is 2.06. The van der Waals surface area contributed by atoms with E-state index in [4.69, 9.17) is 9.47 Å². The zero-order chi connectivity index (χ0) is 10.4. The molecule has 0 saturated carbocycles. The number of ether oxygens (including phenoxy) is 2. The molecule has 0 aliphatic rings. The summed E-state index contributed by atoms with van der Waals surface area (Å²) >= 11 is 0.